The number of hydrogen-bond donors (Lipinski definition) is 0. The van der Waals surface area contributed by atoms with Crippen LogP contribution in [0.3, 0.4) is 0 Å². The summed E-state index contributed by atoms with van der Waals surface area (Å²) >= 11 is 0. The molecule has 2 fully saturated rings. The third-order valence-electron chi connectivity index (χ3n) is 1.96. The summed E-state index contributed by atoms with van der Waals surface area (Å²) in [7, 11) is 0. The van der Waals surface area contributed by atoms with Crippen molar-refractivity contribution in [3.63, 3.8) is 0 Å². The quantitative estimate of drug-likeness (QED) is 0.544. The van der Waals surface area contributed by atoms with Gasteiger partial charge in [0.2, 0.25) is 0 Å². The minimum Gasteiger partial charge on any atom is -0.300 e. The van der Waals surface area contributed by atoms with Crippen molar-refractivity contribution in [3.8, 4) is 0 Å². The van der Waals surface area contributed by atoms with Gasteiger partial charge in [-0.1, -0.05) is 5.04 Å². The minimum atomic E-state index is 0.454. The van der Waals surface area contributed by atoms with E-state index in [1.54, 1.807) is 0 Å². The molecule has 1 aliphatic carbocycles. The Morgan fingerprint density at radius 3 is 1.77 bits per heavy atom. The van der Waals surface area contributed by atoms with Crippen LogP contribution in [0.1, 0.15) is 38.5 Å². The van der Waals surface area contributed by atoms with E-state index >= 15 is 0 Å². The highest BCUT2D eigenvalue weighted by molar-refractivity contribution is 5.79. The van der Waals surface area contributed by atoms with Gasteiger partial charge in [0.05, 0.1) is 13.2 Å². The monoisotopic (exact) mass is 188 g/mol. The fourth-order valence-corrected chi connectivity index (χ4v) is 1.19. The second-order valence-electron chi connectivity index (χ2n) is 3.16. The van der Waals surface area contributed by atoms with Gasteiger partial charge in [-0.05, 0) is 25.7 Å². The molecule has 0 aromatic heterocycles. The summed E-state index contributed by atoms with van der Waals surface area (Å²) in [6.07, 6.45) is 6.03. The number of rotatable bonds is 0. The first-order valence-corrected chi connectivity index (χ1v) is 4.82. The molecule has 0 aromatic carbocycles. The number of carbonyl (C=O) groups is 1. The van der Waals surface area contributed by atoms with Gasteiger partial charge in [0, 0.05) is 12.8 Å². The van der Waals surface area contributed by atoms with Crippen LogP contribution >= 0.6 is 0 Å². The van der Waals surface area contributed by atoms with E-state index in [-0.39, 0.29) is 0 Å². The molecule has 0 unspecified atom stereocenters. The first-order chi connectivity index (χ1) is 6.39. The smallest absolute Gasteiger partial charge is 0.132 e. The van der Waals surface area contributed by atoms with Gasteiger partial charge in [-0.3, -0.25) is 4.79 Å². The van der Waals surface area contributed by atoms with Crippen LogP contribution in [0, 0.1) is 0 Å². The molecule has 2 rings (SSSR count). The molecular weight excluding hydrogens is 172 g/mol. The van der Waals surface area contributed by atoms with E-state index in [9.17, 15) is 4.79 Å². The Labute approximate surface area is 78.0 Å². The van der Waals surface area contributed by atoms with E-state index in [0.717, 1.165) is 38.5 Å². The highest BCUT2D eigenvalue weighted by atomic mass is 17.5. The first-order valence-electron chi connectivity index (χ1n) is 4.82. The summed E-state index contributed by atoms with van der Waals surface area (Å²) in [4.78, 5) is 19.2. The zero-order chi connectivity index (χ0) is 9.36. The van der Waals surface area contributed by atoms with E-state index in [1.807, 2.05) is 0 Å². The van der Waals surface area contributed by atoms with Crippen LogP contribution in [0.4, 0.5) is 0 Å². The minimum absolute atomic E-state index is 0.454. The number of ketones is 1. The predicted molar refractivity (Wildman–Crippen MR) is 45.7 cm³/mol. The largest absolute Gasteiger partial charge is 0.300 e. The molecule has 1 saturated heterocycles. The Hall–Kier alpha value is -0.450. The molecular formula is C9H16O4. The second kappa shape index (κ2) is 7.00. The van der Waals surface area contributed by atoms with Crippen LogP contribution in [0.15, 0.2) is 0 Å². The average Bonchev–Trinajstić information content (AvgIpc) is 2.48. The van der Waals surface area contributed by atoms with Crippen LogP contribution in [-0.2, 0) is 19.6 Å². The van der Waals surface area contributed by atoms with Gasteiger partial charge >= 0.3 is 0 Å². The summed E-state index contributed by atoms with van der Waals surface area (Å²) in [5.41, 5.74) is 0. The van der Waals surface area contributed by atoms with Gasteiger partial charge in [-0.2, -0.15) is 0 Å². The predicted octanol–water partition coefficient (Wildman–Crippen LogP) is 1.79. The Balaban J connectivity index is 0.000000132. The maximum Gasteiger partial charge on any atom is 0.132 e. The normalized spacial score (nSPS) is 23.2. The van der Waals surface area contributed by atoms with Crippen LogP contribution < -0.4 is 0 Å². The Morgan fingerprint density at radius 1 is 0.846 bits per heavy atom. The second-order valence-corrected chi connectivity index (χ2v) is 3.16. The third kappa shape index (κ3) is 5.74. The molecule has 0 spiro atoms. The Kier molecular flexibility index (Phi) is 5.73. The molecule has 76 valence electrons. The lowest BCUT2D eigenvalue weighted by Gasteiger charge is -1.90. The third-order valence-corrected chi connectivity index (χ3v) is 1.96. The van der Waals surface area contributed by atoms with Gasteiger partial charge < -0.3 is 0 Å². The Morgan fingerprint density at radius 2 is 1.38 bits per heavy atom. The lowest BCUT2D eigenvalue weighted by Crippen LogP contribution is -1.90. The van der Waals surface area contributed by atoms with Gasteiger partial charge in [0.15, 0.2) is 0 Å². The summed E-state index contributed by atoms with van der Waals surface area (Å²) in [5, 5.41) is 4.19. The van der Waals surface area contributed by atoms with E-state index in [2.05, 4.69) is 14.8 Å². The fourth-order valence-electron chi connectivity index (χ4n) is 1.19. The van der Waals surface area contributed by atoms with Crippen LogP contribution in [0.2, 0.25) is 0 Å². The van der Waals surface area contributed by atoms with E-state index in [0.29, 0.717) is 19.0 Å². The molecule has 2 aliphatic rings. The lowest BCUT2D eigenvalue weighted by molar-refractivity contribution is -0.504. The van der Waals surface area contributed by atoms with E-state index in [1.165, 1.54) is 0 Å². The topological polar surface area (TPSA) is 44.8 Å². The number of carbonyl (C=O) groups excluding carboxylic acids is 1. The molecule has 0 atom stereocenters. The number of hydrogen-bond acceptors (Lipinski definition) is 4. The number of Topliss-reactive ketones (excluding diaryl/α,β-unsaturated/α-hetero) is 1. The summed E-state index contributed by atoms with van der Waals surface area (Å²) in [6, 6.07) is 0. The fraction of sp³-hybridized carbons (Fsp3) is 0.889. The SMILES string of the molecule is C1CCOOOC1.O=C1CCCC1. The molecule has 0 aromatic rings. The van der Waals surface area contributed by atoms with E-state index < -0.39 is 0 Å². The summed E-state index contributed by atoms with van der Waals surface area (Å²) < 4.78 is 0. The van der Waals surface area contributed by atoms with Crippen LogP contribution in [-0.4, -0.2) is 19.0 Å². The zero-order valence-corrected chi connectivity index (χ0v) is 7.79. The highest BCUT2D eigenvalue weighted by Crippen LogP contribution is 2.11. The summed E-state index contributed by atoms with van der Waals surface area (Å²) in [6.45, 7) is 1.31. The van der Waals surface area contributed by atoms with Gasteiger partial charge in [-0.15, -0.1) is 0 Å². The molecule has 13 heavy (non-hydrogen) atoms. The average molecular weight is 188 g/mol. The molecule has 4 heteroatoms. The highest BCUT2D eigenvalue weighted by Gasteiger charge is 2.07. The molecule has 0 bridgehead atoms. The molecule has 4 nitrogen and oxygen atoms in total. The van der Waals surface area contributed by atoms with Crippen molar-refractivity contribution in [2.75, 3.05) is 13.2 Å². The van der Waals surface area contributed by atoms with Crippen molar-refractivity contribution < 1.29 is 19.6 Å². The molecule has 0 amide bonds. The maximum atomic E-state index is 10.2. The standard InChI is InChI=1S/C5H8O.C4H8O3/c6-5-3-1-2-4-5;1-2-4-6-7-5-3-1/h1-4H2;1-4H2. The van der Waals surface area contributed by atoms with Crippen molar-refractivity contribution in [1.29, 1.82) is 0 Å². The lowest BCUT2D eigenvalue weighted by atomic mass is 10.3. The van der Waals surface area contributed by atoms with E-state index in [4.69, 9.17) is 0 Å². The van der Waals surface area contributed by atoms with Crippen LogP contribution in [0.25, 0.3) is 0 Å². The van der Waals surface area contributed by atoms with Crippen molar-refractivity contribution in [2.45, 2.75) is 38.5 Å². The van der Waals surface area contributed by atoms with Crippen molar-refractivity contribution >= 4 is 5.78 Å². The van der Waals surface area contributed by atoms with Gasteiger partial charge in [0.1, 0.15) is 5.78 Å². The molecule has 1 saturated carbocycles. The first kappa shape index (κ1) is 10.6. The van der Waals surface area contributed by atoms with Gasteiger partial charge in [0.25, 0.3) is 0 Å². The molecule has 0 N–H and O–H groups in total. The molecule has 0 radical (unpaired) electrons. The summed E-state index contributed by atoms with van der Waals surface area (Å²) in [5.74, 6) is 0.454. The molecule has 1 aliphatic heterocycles. The van der Waals surface area contributed by atoms with Crippen LogP contribution in [0.5, 0.6) is 0 Å². The zero-order valence-electron chi connectivity index (χ0n) is 7.79. The van der Waals surface area contributed by atoms with Crippen molar-refractivity contribution in [1.82, 2.24) is 0 Å². The maximum absolute atomic E-state index is 10.2. The molecule has 1 heterocycles. The van der Waals surface area contributed by atoms with Crippen molar-refractivity contribution in [3.05, 3.63) is 0 Å². The van der Waals surface area contributed by atoms with Crippen molar-refractivity contribution in [2.24, 2.45) is 0 Å². The van der Waals surface area contributed by atoms with Gasteiger partial charge in [-0.25, -0.2) is 9.78 Å². The Bertz CT molecular complexity index is 119.